The van der Waals surface area contributed by atoms with Crippen LogP contribution in [0.5, 0.6) is 0 Å². The van der Waals surface area contributed by atoms with Gasteiger partial charge in [0, 0.05) is 51.4 Å². The average Bonchev–Trinajstić information content (AvgIpc) is 3.15. The Balaban J connectivity index is 1.36. The molecule has 0 spiro atoms. The van der Waals surface area contributed by atoms with Gasteiger partial charge in [0.2, 0.25) is 0 Å². The number of amides is 1. The van der Waals surface area contributed by atoms with E-state index >= 15 is 0 Å². The van der Waals surface area contributed by atoms with Crippen LogP contribution in [-0.2, 0) is 11.3 Å². The van der Waals surface area contributed by atoms with Crippen molar-refractivity contribution in [2.75, 3.05) is 39.3 Å². The quantitative estimate of drug-likeness (QED) is 0.905. The molecule has 5 heteroatoms. The molecule has 3 heterocycles. The Kier molecular flexibility index (Phi) is 4.80. The van der Waals surface area contributed by atoms with Gasteiger partial charge in [-0.1, -0.05) is 12.1 Å². The van der Waals surface area contributed by atoms with Crippen molar-refractivity contribution in [1.82, 2.24) is 15.1 Å². The molecule has 1 aromatic rings. The highest BCUT2D eigenvalue weighted by Crippen LogP contribution is 2.27. The largest absolute Gasteiger partial charge is 0.373 e. The third-order valence-corrected chi connectivity index (χ3v) is 5.78. The van der Waals surface area contributed by atoms with Gasteiger partial charge in [0.25, 0.3) is 5.91 Å². The van der Waals surface area contributed by atoms with Gasteiger partial charge in [0.1, 0.15) is 0 Å². The van der Waals surface area contributed by atoms with Crippen LogP contribution in [-0.4, -0.2) is 67.2 Å². The van der Waals surface area contributed by atoms with Crippen LogP contribution in [0.3, 0.4) is 0 Å². The molecule has 5 nitrogen and oxygen atoms in total. The number of likely N-dealkylation sites (tertiary alicyclic amines) is 1. The lowest BCUT2D eigenvalue weighted by molar-refractivity contribution is -0.0704. The second-order valence-electron chi connectivity index (χ2n) is 8.04. The maximum absolute atomic E-state index is 12.7. The van der Waals surface area contributed by atoms with E-state index in [9.17, 15) is 4.79 Å². The van der Waals surface area contributed by atoms with Crippen LogP contribution in [0.1, 0.15) is 29.8 Å². The lowest BCUT2D eigenvalue weighted by Crippen LogP contribution is -2.44. The standard InChI is InChI=1S/C20H29N3O2/c1-14-9-22(10-15(2)25-14)11-16-3-5-17(6-4-16)20(24)23-12-18-7-21-8-19(18)13-23/h3-6,14-15,18-19,21H,7-13H2,1-2H3/t14?,15?,18-,19+. The third-order valence-electron chi connectivity index (χ3n) is 5.78. The second-order valence-corrected chi connectivity index (χ2v) is 8.04. The lowest BCUT2D eigenvalue weighted by atomic mass is 10.0. The molecule has 0 radical (unpaired) electrons. The van der Waals surface area contributed by atoms with E-state index in [2.05, 4.69) is 36.2 Å². The molecule has 0 aliphatic carbocycles. The van der Waals surface area contributed by atoms with Gasteiger partial charge in [-0.2, -0.15) is 0 Å². The summed E-state index contributed by atoms with van der Waals surface area (Å²) in [6, 6.07) is 8.21. The normalized spacial score (nSPS) is 32.8. The number of nitrogens with one attached hydrogen (secondary N) is 1. The molecule has 1 N–H and O–H groups in total. The van der Waals surface area contributed by atoms with Crippen molar-refractivity contribution in [3.63, 3.8) is 0 Å². The molecule has 4 rings (SSSR count). The van der Waals surface area contributed by atoms with Crippen LogP contribution in [0.25, 0.3) is 0 Å². The summed E-state index contributed by atoms with van der Waals surface area (Å²) in [6.07, 6.45) is 0.572. The summed E-state index contributed by atoms with van der Waals surface area (Å²) in [6.45, 7) is 11.0. The zero-order valence-electron chi connectivity index (χ0n) is 15.3. The molecule has 1 aromatic carbocycles. The number of rotatable bonds is 3. The molecule has 0 aromatic heterocycles. The zero-order chi connectivity index (χ0) is 17.4. The Morgan fingerprint density at radius 2 is 1.64 bits per heavy atom. The first-order valence-electron chi connectivity index (χ1n) is 9.55. The SMILES string of the molecule is CC1CN(Cc2ccc(C(=O)N3C[C@H]4CNC[C@H]4C3)cc2)CC(C)O1. The molecule has 0 bridgehead atoms. The van der Waals surface area contributed by atoms with Gasteiger partial charge in [0.05, 0.1) is 12.2 Å². The van der Waals surface area contributed by atoms with E-state index < -0.39 is 0 Å². The summed E-state index contributed by atoms with van der Waals surface area (Å²) in [5.74, 6) is 1.48. The molecule has 3 aliphatic heterocycles. The van der Waals surface area contributed by atoms with Crippen molar-refractivity contribution >= 4 is 5.91 Å². The van der Waals surface area contributed by atoms with Crippen molar-refractivity contribution in [2.24, 2.45) is 11.8 Å². The lowest BCUT2D eigenvalue weighted by Gasteiger charge is -2.35. The first kappa shape index (κ1) is 17.0. The molecule has 2 unspecified atom stereocenters. The van der Waals surface area contributed by atoms with E-state index in [0.717, 1.165) is 51.4 Å². The fourth-order valence-corrected chi connectivity index (χ4v) is 4.63. The Hall–Kier alpha value is -1.43. The van der Waals surface area contributed by atoms with Crippen molar-refractivity contribution in [2.45, 2.75) is 32.6 Å². The fourth-order valence-electron chi connectivity index (χ4n) is 4.63. The number of hydrogen-bond donors (Lipinski definition) is 1. The van der Waals surface area contributed by atoms with Gasteiger partial charge in [0.15, 0.2) is 0 Å². The maximum Gasteiger partial charge on any atom is 0.253 e. The van der Waals surface area contributed by atoms with Gasteiger partial charge in [-0.25, -0.2) is 0 Å². The smallest absolute Gasteiger partial charge is 0.253 e. The van der Waals surface area contributed by atoms with Crippen molar-refractivity contribution in [1.29, 1.82) is 0 Å². The Morgan fingerprint density at radius 3 is 2.24 bits per heavy atom. The van der Waals surface area contributed by atoms with Gasteiger partial charge >= 0.3 is 0 Å². The van der Waals surface area contributed by atoms with Crippen LogP contribution < -0.4 is 5.32 Å². The molecule has 3 fully saturated rings. The molecule has 3 saturated heterocycles. The Labute approximate surface area is 150 Å². The summed E-state index contributed by atoms with van der Waals surface area (Å²) < 4.78 is 5.80. The highest BCUT2D eigenvalue weighted by Gasteiger charge is 2.38. The number of carbonyl (C=O) groups is 1. The maximum atomic E-state index is 12.7. The predicted octanol–water partition coefficient (Wildman–Crippen LogP) is 1.59. The van der Waals surface area contributed by atoms with E-state index in [-0.39, 0.29) is 18.1 Å². The van der Waals surface area contributed by atoms with Crippen LogP contribution in [0.15, 0.2) is 24.3 Å². The van der Waals surface area contributed by atoms with E-state index in [1.807, 2.05) is 17.0 Å². The van der Waals surface area contributed by atoms with Crippen molar-refractivity contribution in [3.8, 4) is 0 Å². The van der Waals surface area contributed by atoms with Crippen LogP contribution >= 0.6 is 0 Å². The number of benzene rings is 1. The Bertz CT molecular complexity index is 596. The predicted molar refractivity (Wildman–Crippen MR) is 97.5 cm³/mol. The van der Waals surface area contributed by atoms with Gasteiger partial charge < -0.3 is 15.0 Å². The van der Waals surface area contributed by atoms with Gasteiger partial charge in [-0.3, -0.25) is 9.69 Å². The van der Waals surface area contributed by atoms with Gasteiger partial charge in [-0.05, 0) is 43.4 Å². The van der Waals surface area contributed by atoms with E-state index in [4.69, 9.17) is 4.74 Å². The van der Waals surface area contributed by atoms with E-state index in [0.29, 0.717) is 11.8 Å². The number of nitrogens with zero attached hydrogens (tertiary/aromatic N) is 2. The minimum atomic E-state index is 0.189. The molecule has 4 atom stereocenters. The van der Waals surface area contributed by atoms with Crippen molar-refractivity contribution < 1.29 is 9.53 Å². The first-order valence-corrected chi connectivity index (χ1v) is 9.55. The van der Waals surface area contributed by atoms with Crippen LogP contribution in [0, 0.1) is 11.8 Å². The topological polar surface area (TPSA) is 44.8 Å². The minimum absolute atomic E-state index is 0.189. The molecule has 136 valence electrons. The number of morpholine rings is 1. The molecular weight excluding hydrogens is 314 g/mol. The number of carbonyl (C=O) groups excluding carboxylic acids is 1. The molecule has 0 saturated carbocycles. The highest BCUT2D eigenvalue weighted by molar-refractivity contribution is 5.94. The van der Waals surface area contributed by atoms with Crippen molar-refractivity contribution in [3.05, 3.63) is 35.4 Å². The molecule has 25 heavy (non-hydrogen) atoms. The van der Waals surface area contributed by atoms with Crippen LogP contribution in [0.4, 0.5) is 0 Å². The summed E-state index contributed by atoms with van der Waals surface area (Å²) in [7, 11) is 0. The monoisotopic (exact) mass is 343 g/mol. The average molecular weight is 343 g/mol. The summed E-state index contributed by atoms with van der Waals surface area (Å²) in [5.41, 5.74) is 2.08. The second kappa shape index (κ2) is 7.06. The van der Waals surface area contributed by atoms with E-state index in [1.54, 1.807) is 0 Å². The first-order chi connectivity index (χ1) is 12.1. The Morgan fingerprint density at radius 1 is 1.04 bits per heavy atom. The number of ether oxygens (including phenoxy) is 1. The summed E-state index contributed by atoms with van der Waals surface area (Å²) >= 11 is 0. The minimum Gasteiger partial charge on any atom is -0.373 e. The van der Waals surface area contributed by atoms with Crippen LogP contribution in [0.2, 0.25) is 0 Å². The van der Waals surface area contributed by atoms with Gasteiger partial charge in [-0.15, -0.1) is 0 Å². The molecule has 3 aliphatic rings. The number of fused-ring (bicyclic) bond motifs is 1. The summed E-state index contributed by atoms with van der Waals surface area (Å²) in [5, 5.41) is 3.42. The molecule has 1 amide bonds. The summed E-state index contributed by atoms with van der Waals surface area (Å²) in [4.78, 5) is 17.2. The fraction of sp³-hybridized carbons (Fsp3) is 0.650. The number of hydrogen-bond acceptors (Lipinski definition) is 4. The van der Waals surface area contributed by atoms with E-state index in [1.165, 1.54) is 5.56 Å². The third kappa shape index (κ3) is 3.73. The molecular formula is C20H29N3O2. The highest BCUT2D eigenvalue weighted by atomic mass is 16.5. The zero-order valence-corrected chi connectivity index (χ0v) is 15.3.